The van der Waals surface area contributed by atoms with Crippen LogP contribution in [0, 0.1) is 0 Å². The van der Waals surface area contributed by atoms with E-state index in [4.69, 9.17) is 5.53 Å². The highest BCUT2D eigenvalue weighted by Gasteiger charge is 1.97. The first-order valence-corrected chi connectivity index (χ1v) is 6.22. The molecule has 0 heterocycles. The van der Waals surface area contributed by atoms with Crippen molar-refractivity contribution in [3.8, 4) is 0 Å². The summed E-state index contributed by atoms with van der Waals surface area (Å²) in [6.07, 6.45) is 0.863. The second-order valence-corrected chi connectivity index (χ2v) is 4.53. The van der Waals surface area contributed by atoms with Gasteiger partial charge in [-0.15, -0.1) is 11.8 Å². The van der Waals surface area contributed by atoms with Crippen molar-refractivity contribution in [3.05, 3.63) is 34.7 Å². The average Bonchev–Trinajstić information content (AvgIpc) is 2.30. The van der Waals surface area contributed by atoms with E-state index in [0.29, 0.717) is 6.54 Å². The van der Waals surface area contributed by atoms with Crippen LogP contribution in [0.4, 0.5) is 5.69 Å². The van der Waals surface area contributed by atoms with Crippen molar-refractivity contribution in [2.24, 2.45) is 5.11 Å². The number of hydrogen-bond donors (Lipinski definition) is 1. The molecular weight excluding hydrogens is 236 g/mol. The number of benzene rings is 1. The molecule has 6 heteroatoms. The van der Waals surface area contributed by atoms with Gasteiger partial charge in [-0.3, -0.25) is 4.79 Å². The van der Waals surface area contributed by atoms with Gasteiger partial charge in [0.2, 0.25) is 5.91 Å². The summed E-state index contributed by atoms with van der Waals surface area (Å²) in [6.45, 7) is 2.02. The number of carbonyl (C=O) groups is 1. The van der Waals surface area contributed by atoms with Gasteiger partial charge in [0.05, 0.1) is 0 Å². The highest BCUT2D eigenvalue weighted by atomic mass is 32.2. The van der Waals surface area contributed by atoms with Crippen molar-refractivity contribution in [3.63, 3.8) is 0 Å². The standard InChI is InChI=1S/C11H14N4OS/c1-9(16)14-10-3-5-11(6-4-10)17-8-2-7-13-15-12/h3-6H,2,7-8H2,1H3,(H,14,16). The van der Waals surface area contributed by atoms with Gasteiger partial charge in [-0.1, -0.05) is 5.11 Å². The number of rotatable bonds is 6. The van der Waals surface area contributed by atoms with E-state index in [1.807, 2.05) is 24.3 Å². The fraction of sp³-hybridized carbons (Fsp3) is 0.364. The summed E-state index contributed by atoms with van der Waals surface area (Å²) in [4.78, 5) is 14.6. The minimum atomic E-state index is -0.0697. The van der Waals surface area contributed by atoms with Gasteiger partial charge < -0.3 is 5.32 Å². The summed E-state index contributed by atoms with van der Waals surface area (Å²) in [5.41, 5.74) is 8.90. The Bertz CT molecular complexity index is 412. The van der Waals surface area contributed by atoms with Crippen molar-refractivity contribution in [1.29, 1.82) is 0 Å². The van der Waals surface area contributed by atoms with E-state index in [1.165, 1.54) is 6.92 Å². The van der Waals surface area contributed by atoms with Crippen molar-refractivity contribution >= 4 is 23.4 Å². The van der Waals surface area contributed by atoms with Gasteiger partial charge in [0.15, 0.2) is 0 Å². The number of hydrogen-bond acceptors (Lipinski definition) is 3. The molecule has 0 fully saturated rings. The van der Waals surface area contributed by atoms with E-state index in [-0.39, 0.29) is 5.91 Å². The van der Waals surface area contributed by atoms with E-state index in [0.717, 1.165) is 22.8 Å². The monoisotopic (exact) mass is 250 g/mol. The summed E-state index contributed by atoms with van der Waals surface area (Å²) in [6, 6.07) is 7.67. The molecule has 1 rings (SSSR count). The Balaban J connectivity index is 2.35. The first kappa shape index (κ1) is 13.4. The van der Waals surface area contributed by atoms with Crippen molar-refractivity contribution in [2.45, 2.75) is 18.2 Å². The maximum absolute atomic E-state index is 10.8. The molecule has 1 aromatic carbocycles. The first-order valence-electron chi connectivity index (χ1n) is 5.23. The second kappa shape index (κ2) is 7.60. The lowest BCUT2D eigenvalue weighted by molar-refractivity contribution is -0.114. The lowest BCUT2D eigenvalue weighted by atomic mass is 10.3. The Morgan fingerprint density at radius 1 is 1.47 bits per heavy atom. The van der Waals surface area contributed by atoms with Crippen molar-refractivity contribution < 1.29 is 4.79 Å². The Kier molecular flexibility index (Phi) is 5.99. The summed E-state index contributed by atoms with van der Waals surface area (Å²) in [5, 5.41) is 6.18. The lowest BCUT2D eigenvalue weighted by Crippen LogP contribution is -2.05. The molecule has 0 aliphatic carbocycles. The van der Waals surface area contributed by atoms with Crippen LogP contribution in [0.5, 0.6) is 0 Å². The minimum absolute atomic E-state index is 0.0697. The van der Waals surface area contributed by atoms with Crippen LogP contribution in [0.25, 0.3) is 10.4 Å². The quantitative estimate of drug-likeness (QED) is 0.276. The number of carbonyl (C=O) groups excluding carboxylic acids is 1. The fourth-order valence-corrected chi connectivity index (χ4v) is 2.05. The Morgan fingerprint density at radius 2 is 2.18 bits per heavy atom. The molecule has 17 heavy (non-hydrogen) atoms. The maximum atomic E-state index is 10.8. The van der Waals surface area contributed by atoms with Gasteiger partial charge in [-0.2, -0.15) is 0 Å². The van der Waals surface area contributed by atoms with Crippen LogP contribution in [0.1, 0.15) is 13.3 Å². The number of nitrogens with zero attached hydrogens (tertiary/aromatic N) is 3. The molecule has 1 aromatic rings. The van der Waals surface area contributed by atoms with Gasteiger partial charge in [-0.05, 0) is 42.0 Å². The summed E-state index contributed by atoms with van der Waals surface area (Å²) in [7, 11) is 0. The molecule has 1 N–H and O–H groups in total. The Morgan fingerprint density at radius 3 is 2.76 bits per heavy atom. The van der Waals surface area contributed by atoms with Gasteiger partial charge in [0.1, 0.15) is 0 Å². The van der Waals surface area contributed by atoms with E-state index < -0.39 is 0 Å². The average molecular weight is 250 g/mol. The fourth-order valence-electron chi connectivity index (χ4n) is 1.21. The molecule has 1 amide bonds. The molecule has 90 valence electrons. The third-order valence-corrected chi connectivity index (χ3v) is 3.01. The second-order valence-electron chi connectivity index (χ2n) is 3.36. The molecule has 0 aliphatic rings. The van der Waals surface area contributed by atoms with E-state index in [2.05, 4.69) is 15.3 Å². The molecule has 0 bridgehead atoms. The third kappa shape index (κ3) is 5.85. The van der Waals surface area contributed by atoms with Crippen molar-refractivity contribution in [2.75, 3.05) is 17.6 Å². The van der Waals surface area contributed by atoms with Gasteiger partial charge in [-0.25, -0.2) is 0 Å². The number of nitrogens with one attached hydrogen (secondary N) is 1. The van der Waals surface area contributed by atoms with Crippen molar-refractivity contribution in [1.82, 2.24) is 0 Å². The molecule has 0 aliphatic heterocycles. The third-order valence-electron chi connectivity index (χ3n) is 1.91. The molecule has 0 saturated carbocycles. The molecule has 0 unspecified atom stereocenters. The van der Waals surface area contributed by atoms with Crippen LogP contribution in [-0.4, -0.2) is 18.2 Å². The Hall–Kier alpha value is -1.65. The molecule has 5 nitrogen and oxygen atoms in total. The summed E-state index contributed by atoms with van der Waals surface area (Å²) < 4.78 is 0. The van der Waals surface area contributed by atoms with Gasteiger partial charge in [0, 0.05) is 29.0 Å². The number of anilines is 1. The number of azide groups is 1. The topological polar surface area (TPSA) is 77.9 Å². The van der Waals surface area contributed by atoms with E-state index in [9.17, 15) is 4.79 Å². The first-order chi connectivity index (χ1) is 8.22. The molecule has 0 atom stereocenters. The molecular formula is C11H14N4OS. The molecule has 0 aromatic heterocycles. The highest BCUT2D eigenvalue weighted by Crippen LogP contribution is 2.20. The van der Waals surface area contributed by atoms with Crippen LogP contribution < -0.4 is 5.32 Å². The molecule has 0 spiro atoms. The maximum Gasteiger partial charge on any atom is 0.221 e. The Labute approximate surface area is 104 Å². The van der Waals surface area contributed by atoms with Crippen LogP contribution >= 0.6 is 11.8 Å². The minimum Gasteiger partial charge on any atom is -0.326 e. The largest absolute Gasteiger partial charge is 0.326 e. The van der Waals surface area contributed by atoms with Gasteiger partial charge in [0.25, 0.3) is 0 Å². The van der Waals surface area contributed by atoms with Crippen LogP contribution in [0.3, 0.4) is 0 Å². The normalized spacial score (nSPS) is 9.47. The smallest absolute Gasteiger partial charge is 0.221 e. The SMILES string of the molecule is CC(=O)Nc1ccc(SCCCN=[N+]=[N-])cc1. The summed E-state index contributed by atoms with van der Waals surface area (Å²) >= 11 is 1.70. The zero-order chi connectivity index (χ0) is 12.5. The highest BCUT2D eigenvalue weighted by molar-refractivity contribution is 7.99. The van der Waals surface area contributed by atoms with Crippen LogP contribution in [-0.2, 0) is 4.79 Å². The van der Waals surface area contributed by atoms with Gasteiger partial charge >= 0.3 is 0 Å². The molecule has 0 saturated heterocycles. The summed E-state index contributed by atoms with van der Waals surface area (Å²) in [5.74, 6) is 0.846. The van der Waals surface area contributed by atoms with E-state index in [1.54, 1.807) is 11.8 Å². The number of amides is 1. The lowest BCUT2D eigenvalue weighted by Gasteiger charge is -2.03. The zero-order valence-electron chi connectivity index (χ0n) is 9.59. The predicted molar refractivity (Wildman–Crippen MR) is 70.1 cm³/mol. The van der Waals surface area contributed by atoms with Crippen LogP contribution in [0.2, 0.25) is 0 Å². The predicted octanol–water partition coefficient (Wildman–Crippen LogP) is 3.44. The molecule has 0 radical (unpaired) electrons. The van der Waals surface area contributed by atoms with Crippen LogP contribution in [0.15, 0.2) is 34.3 Å². The zero-order valence-corrected chi connectivity index (χ0v) is 10.4. The van der Waals surface area contributed by atoms with E-state index >= 15 is 0 Å². The number of thioether (sulfide) groups is 1.